The van der Waals surface area contributed by atoms with E-state index in [1.165, 1.54) is 22.5 Å². The number of aromatic nitrogens is 1. The number of carbonyl (C=O) groups excluding carboxylic acids is 1. The molecule has 0 bridgehead atoms. The van der Waals surface area contributed by atoms with Crippen LogP contribution in [0.3, 0.4) is 0 Å². The second-order valence-electron chi connectivity index (χ2n) is 7.06. The molecule has 0 spiro atoms. The predicted octanol–water partition coefficient (Wildman–Crippen LogP) is 4.84. The van der Waals surface area contributed by atoms with Gasteiger partial charge in [-0.2, -0.15) is 0 Å². The average Bonchev–Trinajstić information content (AvgIpc) is 3.19. The van der Waals surface area contributed by atoms with E-state index in [9.17, 15) is 9.90 Å². The van der Waals surface area contributed by atoms with Gasteiger partial charge in [0.1, 0.15) is 16.5 Å². The molecule has 1 aromatic heterocycles. The van der Waals surface area contributed by atoms with Gasteiger partial charge in [0.25, 0.3) is 5.91 Å². The molecule has 0 aliphatic carbocycles. The normalized spacial score (nSPS) is 15.1. The molecule has 0 radical (unpaired) electrons. The van der Waals surface area contributed by atoms with Crippen LogP contribution in [-0.2, 0) is 0 Å². The van der Waals surface area contributed by atoms with E-state index in [-0.39, 0.29) is 5.91 Å². The summed E-state index contributed by atoms with van der Waals surface area (Å²) in [6, 6.07) is 15.6. The zero-order valence-electron chi connectivity index (χ0n) is 15.3. The average molecular weight is 378 g/mol. The number of benzene rings is 2. The number of rotatable bonds is 3. The zero-order chi connectivity index (χ0) is 18.8. The number of likely N-dealkylation sites (tertiary alicyclic amines) is 1. The fraction of sp³-hybridized carbons (Fsp3) is 0.273. The third-order valence-corrected chi connectivity index (χ3v) is 6.06. The van der Waals surface area contributed by atoms with Crippen LogP contribution in [0.4, 0.5) is 0 Å². The second-order valence-corrected chi connectivity index (χ2v) is 7.92. The third kappa shape index (κ3) is 3.88. The highest BCUT2D eigenvalue weighted by Crippen LogP contribution is 2.30. The first-order chi connectivity index (χ1) is 13.1. The second kappa shape index (κ2) is 7.53. The molecule has 27 heavy (non-hydrogen) atoms. The number of phenolic OH excluding ortho intramolecular Hbond substituents is 1. The molecule has 5 heteroatoms. The molecule has 1 saturated heterocycles. The van der Waals surface area contributed by atoms with Gasteiger partial charge in [-0.05, 0) is 43.4 Å². The van der Waals surface area contributed by atoms with Crippen LogP contribution in [0.5, 0.6) is 5.75 Å². The van der Waals surface area contributed by atoms with Gasteiger partial charge in [0.15, 0.2) is 0 Å². The first-order valence-electron chi connectivity index (χ1n) is 9.21. The molecule has 3 aromatic rings. The lowest BCUT2D eigenvalue weighted by Gasteiger charge is -2.31. The summed E-state index contributed by atoms with van der Waals surface area (Å²) in [5.41, 5.74) is 4.03. The van der Waals surface area contributed by atoms with Crippen LogP contribution >= 0.6 is 11.3 Å². The molecular formula is C22H22N2O2S. The lowest BCUT2D eigenvalue weighted by atomic mass is 9.89. The number of aryl methyl sites for hydroxylation is 1. The van der Waals surface area contributed by atoms with Crippen molar-refractivity contribution in [3.05, 3.63) is 70.7 Å². The van der Waals surface area contributed by atoms with Crippen molar-refractivity contribution in [1.29, 1.82) is 0 Å². The van der Waals surface area contributed by atoms with Crippen molar-refractivity contribution in [2.24, 2.45) is 0 Å². The Morgan fingerprint density at radius 1 is 1.07 bits per heavy atom. The summed E-state index contributed by atoms with van der Waals surface area (Å²) in [5, 5.41) is 12.2. The van der Waals surface area contributed by atoms with E-state index in [0.717, 1.165) is 36.5 Å². The minimum absolute atomic E-state index is 0.0220. The Kier molecular flexibility index (Phi) is 4.94. The van der Waals surface area contributed by atoms with Gasteiger partial charge in [-0.25, -0.2) is 4.98 Å². The Balaban J connectivity index is 1.41. The van der Waals surface area contributed by atoms with Crippen molar-refractivity contribution in [3.63, 3.8) is 0 Å². The smallest absolute Gasteiger partial charge is 0.273 e. The fourth-order valence-electron chi connectivity index (χ4n) is 3.53. The van der Waals surface area contributed by atoms with E-state index in [1.807, 2.05) is 34.5 Å². The van der Waals surface area contributed by atoms with E-state index >= 15 is 0 Å². The van der Waals surface area contributed by atoms with Crippen molar-refractivity contribution in [1.82, 2.24) is 9.88 Å². The molecule has 2 aromatic carbocycles. The highest BCUT2D eigenvalue weighted by molar-refractivity contribution is 7.13. The summed E-state index contributed by atoms with van der Waals surface area (Å²) < 4.78 is 0. The summed E-state index contributed by atoms with van der Waals surface area (Å²) in [7, 11) is 0. The molecule has 0 atom stereocenters. The molecule has 1 fully saturated rings. The zero-order valence-corrected chi connectivity index (χ0v) is 16.1. The maximum atomic E-state index is 12.8. The maximum absolute atomic E-state index is 12.8. The lowest BCUT2D eigenvalue weighted by molar-refractivity contribution is 0.0708. The number of carbonyl (C=O) groups is 1. The van der Waals surface area contributed by atoms with Crippen LogP contribution in [-0.4, -0.2) is 34.0 Å². The molecular weight excluding hydrogens is 356 g/mol. The molecule has 1 N–H and O–H groups in total. The SMILES string of the molecule is Cc1ccc(-c2nc(C(=O)N3CCC(c4ccc(O)cc4)CC3)cs2)cc1. The van der Waals surface area contributed by atoms with Gasteiger partial charge < -0.3 is 10.0 Å². The molecule has 4 nitrogen and oxygen atoms in total. The summed E-state index contributed by atoms with van der Waals surface area (Å²) >= 11 is 1.52. The van der Waals surface area contributed by atoms with E-state index < -0.39 is 0 Å². The van der Waals surface area contributed by atoms with Gasteiger partial charge in [-0.1, -0.05) is 42.0 Å². The van der Waals surface area contributed by atoms with Crippen molar-refractivity contribution in [3.8, 4) is 16.3 Å². The summed E-state index contributed by atoms with van der Waals surface area (Å²) in [6.07, 6.45) is 1.87. The number of amides is 1. The number of nitrogens with zero attached hydrogens (tertiary/aromatic N) is 2. The predicted molar refractivity (Wildman–Crippen MR) is 108 cm³/mol. The van der Waals surface area contributed by atoms with Crippen molar-refractivity contribution < 1.29 is 9.90 Å². The van der Waals surface area contributed by atoms with Gasteiger partial charge in [0.2, 0.25) is 0 Å². The van der Waals surface area contributed by atoms with Crippen molar-refractivity contribution >= 4 is 17.2 Å². The minimum Gasteiger partial charge on any atom is -0.508 e. The highest BCUT2D eigenvalue weighted by atomic mass is 32.1. The molecule has 1 aliphatic heterocycles. The van der Waals surface area contributed by atoms with Crippen LogP contribution in [0, 0.1) is 6.92 Å². The van der Waals surface area contributed by atoms with Crippen LogP contribution in [0.1, 0.15) is 40.4 Å². The van der Waals surface area contributed by atoms with Crippen LogP contribution in [0.2, 0.25) is 0 Å². The minimum atomic E-state index is 0.0220. The lowest BCUT2D eigenvalue weighted by Crippen LogP contribution is -2.38. The monoisotopic (exact) mass is 378 g/mol. The molecule has 1 aliphatic rings. The Hall–Kier alpha value is -2.66. The molecule has 0 saturated carbocycles. The summed E-state index contributed by atoms with van der Waals surface area (Å²) in [6.45, 7) is 3.53. The maximum Gasteiger partial charge on any atom is 0.273 e. The van der Waals surface area contributed by atoms with E-state index in [0.29, 0.717) is 17.4 Å². The Bertz CT molecular complexity index is 924. The van der Waals surface area contributed by atoms with Gasteiger partial charge in [-0.15, -0.1) is 11.3 Å². The third-order valence-electron chi connectivity index (χ3n) is 5.17. The number of aromatic hydroxyl groups is 1. The number of phenols is 1. The molecule has 0 unspecified atom stereocenters. The topological polar surface area (TPSA) is 53.4 Å². The van der Waals surface area contributed by atoms with Crippen molar-refractivity contribution in [2.45, 2.75) is 25.7 Å². The Morgan fingerprint density at radius 3 is 2.41 bits per heavy atom. The number of hydrogen-bond donors (Lipinski definition) is 1. The first kappa shape index (κ1) is 17.7. The summed E-state index contributed by atoms with van der Waals surface area (Å²) in [5.74, 6) is 0.751. The van der Waals surface area contributed by atoms with Crippen LogP contribution < -0.4 is 0 Å². The standard InChI is InChI=1S/C22H22N2O2S/c1-15-2-4-18(5-3-15)21-23-20(14-27-21)22(26)24-12-10-17(11-13-24)16-6-8-19(25)9-7-16/h2-9,14,17,25H,10-13H2,1H3. The Labute approximate surface area is 163 Å². The quantitative estimate of drug-likeness (QED) is 0.709. The molecule has 1 amide bonds. The van der Waals surface area contributed by atoms with Gasteiger partial charge in [0, 0.05) is 24.0 Å². The van der Waals surface area contributed by atoms with Crippen molar-refractivity contribution in [2.75, 3.05) is 13.1 Å². The number of thiazole rings is 1. The van der Waals surface area contributed by atoms with E-state index in [2.05, 4.69) is 24.0 Å². The molecule has 2 heterocycles. The van der Waals surface area contributed by atoms with Crippen LogP contribution in [0.25, 0.3) is 10.6 Å². The largest absolute Gasteiger partial charge is 0.508 e. The fourth-order valence-corrected chi connectivity index (χ4v) is 4.33. The molecule has 4 rings (SSSR count). The number of hydrogen-bond acceptors (Lipinski definition) is 4. The molecule has 138 valence electrons. The van der Waals surface area contributed by atoms with Gasteiger partial charge in [-0.3, -0.25) is 4.79 Å². The number of piperidine rings is 1. The highest BCUT2D eigenvalue weighted by Gasteiger charge is 2.26. The Morgan fingerprint density at radius 2 is 1.74 bits per heavy atom. The first-order valence-corrected chi connectivity index (χ1v) is 10.1. The summed E-state index contributed by atoms with van der Waals surface area (Å²) in [4.78, 5) is 19.3. The van der Waals surface area contributed by atoms with E-state index in [4.69, 9.17) is 0 Å². The van der Waals surface area contributed by atoms with Crippen LogP contribution in [0.15, 0.2) is 53.9 Å². The van der Waals surface area contributed by atoms with Gasteiger partial charge >= 0.3 is 0 Å². The van der Waals surface area contributed by atoms with E-state index in [1.54, 1.807) is 12.1 Å². The van der Waals surface area contributed by atoms with Gasteiger partial charge in [0.05, 0.1) is 0 Å².